The Labute approximate surface area is 189 Å². The lowest BCUT2D eigenvalue weighted by atomic mass is 9.99. The van der Waals surface area contributed by atoms with Gasteiger partial charge in [0.25, 0.3) is 0 Å². The number of benzene rings is 4. The van der Waals surface area contributed by atoms with Crippen molar-refractivity contribution in [3.05, 3.63) is 132 Å². The van der Waals surface area contributed by atoms with E-state index < -0.39 is 0 Å². The Balaban J connectivity index is 1.64. The van der Waals surface area contributed by atoms with Crippen LogP contribution in [0, 0.1) is 0 Å². The highest BCUT2D eigenvalue weighted by atomic mass is 16.1. The Morgan fingerprint density at radius 3 is 2.18 bits per heavy atom. The van der Waals surface area contributed by atoms with Crippen molar-refractivity contribution < 1.29 is 9.59 Å². The third kappa shape index (κ3) is 3.04. The molecule has 0 saturated carbocycles. The molecule has 4 heteroatoms. The summed E-state index contributed by atoms with van der Waals surface area (Å²) in [5.41, 5.74) is 3.55. The number of carbonyl (C=O) groups excluding carboxylic acids is 2. The molecular weight excluding hydrogens is 408 g/mol. The Bertz CT molecular complexity index is 1690. The zero-order valence-corrected chi connectivity index (χ0v) is 17.6. The van der Waals surface area contributed by atoms with Crippen molar-refractivity contribution in [3.8, 4) is 0 Å². The molecule has 0 aliphatic carbocycles. The van der Waals surface area contributed by atoms with Gasteiger partial charge < -0.3 is 0 Å². The van der Waals surface area contributed by atoms with Crippen LogP contribution in [-0.4, -0.2) is 21.0 Å². The van der Waals surface area contributed by atoms with Gasteiger partial charge in [-0.3, -0.25) is 14.0 Å². The van der Waals surface area contributed by atoms with Crippen molar-refractivity contribution in [1.82, 2.24) is 9.38 Å². The van der Waals surface area contributed by atoms with E-state index in [4.69, 9.17) is 0 Å². The van der Waals surface area contributed by atoms with E-state index in [2.05, 4.69) is 4.98 Å². The second kappa shape index (κ2) is 7.53. The molecule has 0 N–H and O–H groups in total. The monoisotopic (exact) mass is 426 g/mol. The predicted molar refractivity (Wildman–Crippen MR) is 130 cm³/mol. The smallest absolute Gasteiger partial charge is 0.210 e. The normalized spacial score (nSPS) is 11.3. The number of fused-ring (bicyclic) bond motifs is 4. The molecule has 0 spiro atoms. The van der Waals surface area contributed by atoms with Crippen LogP contribution in [0.3, 0.4) is 0 Å². The van der Waals surface area contributed by atoms with Crippen LogP contribution in [0.15, 0.2) is 109 Å². The van der Waals surface area contributed by atoms with Gasteiger partial charge in [-0.1, -0.05) is 91.0 Å². The van der Waals surface area contributed by atoms with E-state index >= 15 is 0 Å². The van der Waals surface area contributed by atoms with E-state index in [1.807, 2.05) is 84.9 Å². The highest BCUT2D eigenvalue weighted by Gasteiger charge is 2.24. The van der Waals surface area contributed by atoms with Gasteiger partial charge in [-0.25, -0.2) is 4.98 Å². The van der Waals surface area contributed by atoms with Gasteiger partial charge in [-0.05, 0) is 22.9 Å². The minimum Gasteiger partial charge on any atom is -0.296 e. The van der Waals surface area contributed by atoms with Crippen molar-refractivity contribution in [2.45, 2.75) is 0 Å². The number of nitrogens with zero attached hydrogens (tertiary/aromatic N) is 2. The third-order valence-corrected chi connectivity index (χ3v) is 6.06. The minimum atomic E-state index is -0.147. The topological polar surface area (TPSA) is 51.4 Å². The molecule has 0 atom stereocenters. The predicted octanol–water partition coefficient (Wildman–Crippen LogP) is 6.10. The number of rotatable bonds is 4. The number of aromatic nitrogens is 2. The number of ketones is 2. The first-order valence-corrected chi connectivity index (χ1v) is 10.7. The first kappa shape index (κ1) is 19.1. The van der Waals surface area contributed by atoms with Crippen LogP contribution in [0.1, 0.15) is 32.0 Å². The van der Waals surface area contributed by atoms with E-state index in [9.17, 15) is 9.59 Å². The van der Waals surface area contributed by atoms with Crippen LogP contribution < -0.4 is 0 Å². The first-order valence-electron chi connectivity index (χ1n) is 10.7. The maximum Gasteiger partial charge on any atom is 0.210 e. The number of para-hydroxylation sites is 1. The Hall–Kier alpha value is -4.57. The second-order valence-electron chi connectivity index (χ2n) is 7.97. The number of carbonyl (C=O) groups is 2. The molecule has 2 heterocycles. The van der Waals surface area contributed by atoms with Crippen molar-refractivity contribution in [3.63, 3.8) is 0 Å². The molecule has 0 unspecified atom stereocenters. The molecule has 4 nitrogen and oxygen atoms in total. The van der Waals surface area contributed by atoms with E-state index in [1.165, 1.54) is 0 Å². The van der Waals surface area contributed by atoms with Gasteiger partial charge in [0, 0.05) is 22.1 Å². The summed E-state index contributed by atoms with van der Waals surface area (Å²) in [5.74, 6) is -0.271. The fourth-order valence-electron chi connectivity index (χ4n) is 4.48. The molecule has 0 fully saturated rings. The fraction of sp³-hybridized carbons (Fsp3) is 0. The van der Waals surface area contributed by atoms with E-state index in [0.29, 0.717) is 27.9 Å². The van der Waals surface area contributed by atoms with Crippen LogP contribution >= 0.6 is 0 Å². The van der Waals surface area contributed by atoms with Crippen LogP contribution in [0.4, 0.5) is 0 Å². The zero-order valence-electron chi connectivity index (χ0n) is 17.6. The fourth-order valence-corrected chi connectivity index (χ4v) is 4.48. The Morgan fingerprint density at radius 1 is 0.636 bits per heavy atom. The molecule has 0 aliphatic rings. The molecule has 6 aromatic rings. The summed E-state index contributed by atoms with van der Waals surface area (Å²) < 4.78 is 1.75. The molecule has 156 valence electrons. The summed E-state index contributed by atoms with van der Waals surface area (Å²) in [6, 6.07) is 32.0. The van der Waals surface area contributed by atoms with Gasteiger partial charge in [0.1, 0.15) is 6.33 Å². The maximum atomic E-state index is 13.8. The summed E-state index contributed by atoms with van der Waals surface area (Å²) in [6.07, 6.45) is 1.64. The van der Waals surface area contributed by atoms with Crippen LogP contribution in [0.2, 0.25) is 0 Å². The van der Waals surface area contributed by atoms with Gasteiger partial charge in [-0.2, -0.15) is 0 Å². The molecule has 6 rings (SSSR count). The van der Waals surface area contributed by atoms with E-state index in [-0.39, 0.29) is 11.6 Å². The molecular formula is C29H18N2O2. The van der Waals surface area contributed by atoms with Crippen LogP contribution in [0.5, 0.6) is 0 Å². The summed E-state index contributed by atoms with van der Waals surface area (Å²) in [6.45, 7) is 0. The Morgan fingerprint density at radius 2 is 1.33 bits per heavy atom. The third-order valence-electron chi connectivity index (χ3n) is 6.06. The van der Waals surface area contributed by atoms with Gasteiger partial charge >= 0.3 is 0 Å². The molecule has 0 aliphatic heterocycles. The molecule has 0 amide bonds. The lowest BCUT2D eigenvalue weighted by Gasteiger charge is -2.07. The summed E-state index contributed by atoms with van der Waals surface area (Å²) in [5, 5.41) is 2.70. The Kier molecular flexibility index (Phi) is 4.37. The number of hydrogen-bond acceptors (Lipinski definition) is 3. The van der Waals surface area contributed by atoms with E-state index in [1.54, 1.807) is 28.9 Å². The quantitative estimate of drug-likeness (QED) is 0.320. The average Bonchev–Trinajstić information content (AvgIpc) is 3.28. The maximum absolute atomic E-state index is 13.8. The SMILES string of the molecule is O=C(c1ccccc1)c1cc(C(=O)c2cccc3ccccc23)n2cnc3ccccc3c12. The molecule has 0 saturated heterocycles. The lowest BCUT2D eigenvalue weighted by molar-refractivity contribution is 0.103. The van der Waals surface area contributed by atoms with Gasteiger partial charge in [0.05, 0.1) is 16.7 Å². The minimum absolute atomic E-state index is 0.124. The first-order chi connectivity index (χ1) is 16.2. The van der Waals surface area contributed by atoms with Crippen molar-refractivity contribution in [2.75, 3.05) is 0 Å². The van der Waals surface area contributed by atoms with E-state index in [0.717, 1.165) is 21.7 Å². The molecule has 0 bridgehead atoms. The standard InChI is InChI=1S/C29H18N2O2/c32-28(20-10-2-1-3-11-20)24-17-26(31-18-30-25-16-7-6-14-23(25)27(24)31)29(33)22-15-8-12-19-9-4-5-13-21(19)22/h1-18H. The van der Waals surface area contributed by atoms with Crippen molar-refractivity contribution >= 4 is 38.8 Å². The second-order valence-corrected chi connectivity index (χ2v) is 7.97. The van der Waals surface area contributed by atoms with Gasteiger partial charge in [0.15, 0.2) is 5.78 Å². The van der Waals surface area contributed by atoms with Gasteiger partial charge in [0.2, 0.25) is 5.78 Å². The van der Waals surface area contributed by atoms with Crippen LogP contribution in [-0.2, 0) is 0 Å². The summed E-state index contributed by atoms with van der Waals surface area (Å²) in [7, 11) is 0. The molecule has 4 aromatic carbocycles. The molecule has 2 aromatic heterocycles. The van der Waals surface area contributed by atoms with Crippen LogP contribution in [0.25, 0.3) is 27.2 Å². The average molecular weight is 426 g/mol. The highest BCUT2D eigenvalue weighted by Crippen LogP contribution is 2.29. The van der Waals surface area contributed by atoms with Gasteiger partial charge in [-0.15, -0.1) is 0 Å². The summed E-state index contributed by atoms with van der Waals surface area (Å²) in [4.78, 5) is 31.9. The highest BCUT2D eigenvalue weighted by molar-refractivity contribution is 6.22. The molecule has 0 radical (unpaired) electrons. The summed E-state index contributed by atoms with van der Waals surface area (Å²) >= 11 is 0. The zero-order chi connectivity index (χ0) is 22.4. The van der Waals surface area contributed by atoms with Crippen molar-refractivity contribution in [2.24, 2.45) is 0 Å². The largest absolute Gasteiger partial charge is 0.296 e. The molecule has 33 heavy (non-hydrogen) atoms. The number of hydrogen-bond donors (Lipinski definition) is 0. The van der Waals surface area contributed by atoms with Crippen molar-refractivity contribution in [1.29, 1.82) is 0 Å². The lowest BCUT2D eigenvalue weighted by Crippen LogP contribution is -2.06.